The third-order valence-electron chi connectivity index (χ3n) is 4.21. The molecule has 0 aromatic heterocycles. The number of hydrogen-bond donors (Lipinski definition) is 2. The molecule has 0 bridgehead atoms. The zero-order valence-electron chi connectivity index (χ0n) is 15.3. The predicted molar refractivity (Wildman–Crippen MR) is 98.9 cm³/mol. The van der Waals surface area contributed by atoms with Crippen LogP contribution >= 0.6 is 0 Å². The van der Waals surface area contributed by atoms with Gasteiger partial charge in [-0.1, -0.05) is 51.7 Å². The Labute approximate surface area is 146 Å². The van der Waals surface area contributed by atoms with Crippen molar-refractivity contribution in [1.29, 1.82) is 0 Å². The van der Waals surface area contributed by atoms with Crippen LogP contribution in [0.15, 0.2) is 11.9 Å². The first-order chi connectivity index (χ1) is 11.2. The molecule has 0 aliphatic heterocycles. The summed E-state index contributed by atoms with van der Waals surface area (Å²) in [6.07, 6.45) is 7.82. The van der Waals surface area contributed by atoms with Crippen LogP contribution in [0.3, 0.4) is 0 Å². The third-order valence-corrected chi connectivity index (χ3v) is 5.91. The van der Waals surface area contributed by atoms with Crippen molar-refractivity contribution in [2.75, 3.05) is 13.2 Å². The van der Waals surface area contributed by atoms with Crippen molar-refractivity contribution in [3.63, 3.8) is 0 Å². The zero-order valence-corrected chi connectivity index (χ0v) is 16.3. The molecule has 24 heavy (non-hydrogen) atoms. The third kappa shape index (κ3) is 8.96. The van der Waals surface area contributed by atoms with E-state index in [9.17, 15) is 9.59 Å². The highest BCUT2D eigenvalue weighted by Crippen LogP contribution is 2.27. The molecule has 0 aromatic rings. The van der Waals surface area contributed by atoms with Crippen LogP contribution in [0.4, 0.5) is 4.79 Å². The van der Waals surface area contributed by atoms with Crippen molar-refractivity contribution in [2.24, 2.45) is 17.4 Å². The highest BCUT2D eigenvalue weighted by molar-refractivity contribution is 6.76. The number of nitrogens with two attached hydrogens (primary N) is 2. The molecular formula is C17H33N3O3Si. The molecule has 0 aromatic carbocycles. The standard InChI is InChI=1S/C17H33N3O3Si/c1-24(2,3)10-9-23-17(22)20(13-16(19)21)12-15(18)11-14-7-5-4-6-8-14/h12,14H,4-11,13,18H2,1-3H3,(H2,19,21)/b15-12+. The Morgan fingerprint density at radius 3 is 2.33 bits per heavy atom. The second kappa shape index (κ2) is 9.71. The number of carbonyl (C=O) groups is 2. The molecule has 0 spiro atoms. The van der Waals surface area contributed by atoms with Gasteiger partial charge < -0.3 is 16.2 Å². The number of amides is 2. The van der Waals surface area contributed by atoms with Gasteiger partial charge in [0.25, 0.3) is 0 Å². The molecule has 1 saturated carbocycles. The SMILES string of the molecule is C[Si](C)(C)CCOC(=O)N(/C=C(/N)CC1CCCCC1)CC(N)=O. The predicted octanol–water partition coefficient (Wildman–Crippen LogP) is 3.02. The number of carbonyl (C=O) groups excluding carboxylic acids is 2. The summed E-state index contributed by atoms with van der Waals surface area (Å²) >= 11 is 0. The van der Waals surface area contributed by atoms with Gasteiger partial charge in [0.15, 0.2) is 0 Å². The van der Waals surface area contributed by atoms with E-state index < -0.39 is 20.1 Å². The summed E-state index contributed by atoms with van der Waals surface area (Å²) in [6.45, 7) is 6.79. The summed E-state index contributed by atoms with van der Waals surface area (Å²) in [6, 6.07) is 0.879. The van der Waals surface area contributed by atoms with Crippen LogP contribution in [0, 0.1) is 5.92 Å². The average Bonchev–Trinajstić information content (AvgIpc) is 2.45. The van der Waals surface area contributed by atoms with Crippen molar-refractivity contribution in [1.82, 2.24) is 4.90 Å². The minimum Gasteiger partial charge on any atom is -0.449 e. The van der Waals surface area contributed by atoms with Gasteiger partial charge in [-0.15, -0.1) is 0 Å². The van der Waals surface area contributed by atoms with E-state index in [4.69, 9.17) is 16.2 Å². The van der Waals surface area contributed by atoms with Crippen molar-refractivity contribution < 1.29 is 14.3 Å². The monoisotopic (exact) mass is 355 g/mol. The Bertz CT molecular complexity index is 454. The fraction of sp³-hybridized carbons (Fsp3) is 0.765. The van der Waals surface area contributed by atoms with Gasteiger partial charge in [0.05, 0.1) is 6.61 Å². The molecule has 0 saturated heterocycles. The van der Waals surface area contributed by atoms with Gasteiger partial charge in [0, 0.05) is 20.0 Å². The Morgan fingerprint density at radius 1 is 1.17 bits per heavy atom. The minimum absolute atomic E-state index is 0.211. The van der Waals surface area contributed by atoms with E-state index in [1.165, 1.54) is 43.2 Å². The number of allylic oxidation sites excluding steroid dienone is 1. The number of primary amides is 1. The molecule has 0 unspecified atom stereocenters. The molecule has 1 fully saturated rings. The summed E-state index contributed by atoms with van der Waals surface area (Å²) in [5, 5.41) is 0. The van der Waals surface area contributed by atoms with Crippen LogP contribution < -0.4 is 11.5 Å². The first-order valence-corrected chi connectivity index (χ1v) is 12.6. The molecule has 0 heterocycles. The van der Waals surface area contributed by atoms with Gasteiger partial charge in [0.2, 0.25) is 5.91 Å². The maximum Gasteiger partial charge on any atom is 0.414 e. The fourth-order valence-electron chi connectivity index (χ4n) is 2.84. The molecule has 4 N–H and O–H groups in total. The number of hydrogen-bond acceptors (Lipinski definition) is 4. The van der Waals surface area contributed by atoms with Gasteiger partial charge in [-0.3, -0.25) is 9.69 Å². The fourth-order valence-corrected chi connectivity index (χ4v) is 3.55. The van der Waals surface area contributed by atoms with Gasteiger partial charge >= 0.3 is 6.09 Å². The summed E-state index contributed by atoms with van der Waals surface area (Å²) in [7, 11) is -1.28. The van der Waals surface area contributed by atoms with Crippen LogP contribution in [0.25, 0.3) is 0 Å². The molecule has 1 aliphatic carbocycles. The summed E-state index contributed by atoms with van der Waals surface area (Å²) < 4.78 is 5.29. The molecule has 0 radical (unpaired) electrons. The van der Waals surface area contributed by atoms with Gasteiger partial charge in [-0.25, -0.2) is 4.79 Å². The van der Waals surface area contributed by atoms with E-state index in [-0.39, 0.29) is 6.54 Å². The Kier molecular flexibility index (Phi) is 8.31. The first-order valence-electron chi connectivity index (χ1n) is 8.85. The number of rotatable bonds is 8. The van der Waals surface area contributed by atoms with Gasteiger partial charge in [-0.05, 0) is 18.4 Å². The summed E-state index contributed by atoms with van der Waals surface area (Å²) in [5.74, 6) is -0.0211. The van der Waals surface area contributed by atoms with Crippen LogP contribution in [0.2, 0.25) is 25.7 Å². The van der Waals surface area contributed by atoms with E-state index >= 15 is 0 Å². The summed E-state index contributed by atoms with van der Waals surface area (Å²) in [5.41, 5.74) is 11.9. The largest absolute Gasteiger partial charge is 0.449 e. The van der Waals surface area contributed by atoms with Crippen molar-refractivity contribution in [3.05, 3.63) is 11.9 Å². The molecule has 0 atom stereocenters. The van der Waals surface area contributed by atoms with E-state index in [0.29, 0.717) is 18.2 Å². The van der Waals surface area contributed by atoms with E-state index in [2.05, 4.69) is 19.6 Å². The molecular weight excluding hydrogens is 322 g/mol. The molecule has 6 nitrogen and oxygen atoms in total. The van der Waals surface area contributed by atoms with Crippen LogP contribution in [-0.4, -0.2) is 38.1 Å². The van der Waals surface area contributed by atoms with Crippen LogP contribution in [0.5, 0.6) is 0 Å². The maximum absolute atomic E-state index is 12.2. The smallest absolute Gasteiger partial charge is 0.414 e. The van der Waals surface area contributed by atoms with Crippen LogP contribution in [-0.2, 0) is 9.53 Å². The zero-order chi connectivity index (χ0) is 18.2. The lowest BCUT2D eigenvalue weighted by atomic mass is 9.86. The topological polar surface area (TPSA) is 98.7 Å². The maximum atomic E-state index is 12.2. The van der Waals surface area contributed by atoms with Crippen molar-refractivity contribution in [3.8, 4) is 0 Å². The Balaban J connectivity index is 2.60. The molecule has 138 valence electrons. The second-order valence-electron chi connectivity index (χ2n) is 7.93. The molecule has 1 rings (SSSR count). The van der Waals surface area contributed by atoms with Gasteiger partial charge in [0.1, 0.15) is 6.54 Å². The second-order valence-corrected chi connectivity index (χ2v) is 13.6. The van der Waals surface area contributed by atoms with Crippen LogP contribution in [0.1, 0.15) is 38.5 Å². The minimum atomic E-state index is -1.28. The normalized spacial score (nSPS) is 16.7. The quantitative estimate of drug-likeness (QED) is 0.654. The van der Waals surface area contributed by atoms with Crippen molar-refractivity contribution in [2.45, 2.75) is 64.2 Å². The van der Waals surface area contributed by atoms with E-state index in [0.717, 1.165) is 12.5 Å². The molecule has 2 amide bonds. The van der Waals surface area contributed by atoms with E-state index in [1.807, 2.05) is 0 Å². The number of nitrogens with zero attached hydrogens (tertiary/aromatic N) is 1. The first kappa shape index (κ1) is 20.5. The lowest BCUT2D eigenvalue weighted by Crippen LogP contribution is -2.36. The summed E-state index contributed by atoms with van der Waals surface area (Å²) in [4.78, 5) is 24.6. The molecule has 1 aliphatic rings. The highest BCUT2D eigenvalue weighted by atomic mass is 28.3. The Hall–Kier alpha value is -1.50. The highest BCUT2D eigenvalue weighted by Gasteiger charge is 2.20. The number of ether oxygens (including phenoxy) is 1. The average molecular weight is 356 g/mol. The van der Waals surface area contributed by atoms with Gasteiger partial charge in [-0.2, -0.15) is 0 Å². The lowest BCUT2D eigenvalue weighted by molar-refractivity contribution is -0.118. The molecule has 7 heteroatoms. The van der Waals surface area contributed by atoms with Crippen molar-refractivity contribution >= 4 is 20.1 Å². The lowest BCUT2D eigenvalue weighted by Gasteiger charge is -2.23. The van der Waals surface area contributed by atoms with E-state index in [1.54, 1.807) is 0 Å². The Morgan fingerprint density at radius 2 is 1.79 bits per heavy atom.